The maximum Gasteiger partial charge on any atom is 0.236 e. The van der Waals surface area contributed by atoms with Crippen LogP contribution in [0.2, 0.25) is 0 Å². The number of thiophene rings is 1. The van der Waals surface area contributed by atoms with E-state index in [1.165, 1.54) is 0 Å². The van der Waals surface area contributed by atoms with Gasteiger partial charge in [-0.05, 0) is 22.0 Å². The van der Waals surface area contributed by atoms with Gasteiger partial charge < -0.3 is 10.6 Å². The summed E-state index contributed by atoms with van der Waals surface area (Å²) < 4.78 is 1.06. The van der Waals surface area contributed by atoms with Gasteiger partial charge in [0.15, 0.2) is 0 Å². The first-order valence-corrected chi connectivity index (χ1v) is 5.47. The van der Waals surface area contributed by atoms with Crippen LogP contribution in [0.3, 0.4) is 0 Å². The molecule has 0 atom stereocenters. The highest BCUT2D eigenvalue weighted by atomic mass is 79.9. The minimum atomic E-state index is -0.0375. The van der Waals surface area contributed by atoms with E-state index in [4.69, 9.17) is 5.73 Å². The molecule has 1 aromatic rings. The van der Waals surface area contributed by atoms with Crippen molar-refractivity contribution in [3.8, 4) is 0 Å². The van der Waals surface area contributed by atoms with Gasteiger partial charge in [-0.25, -0.2) is 0 Å². The van der Waals surface area contributed by atoms with Gasteiger partial charge >= 0.3 is 0 Å². The van der Waals surface area contributed by atoms with E-state index in [1.807, 2.05) is 11.4 Å². The third kappa shape index (κ3) is 3.96. The lowest BCUT2D eigenvalue weighted by molar-refractivity contribution is -0.128. The molecular formula is C8H12BrClN2OS. The molecule has 0 aromatic carbocycles. The van der Waals surface area contributed by atoms with Crippen molar-refractivity contribution in [3.63, 3.8) is 0 Å². The lowest BCUT2D eigenvalue weighted by atomic mass is 10.4. The van der Waals surface area contributed by atoms with Crippen molar-refractivity contribution in [2.24, 2.45) is 5.73 Å². The largest absolute Gasteiger partial charge is 0.340 e. The molecule has 0 saturated heterocycles. The molecule has 14 heavy (non-hydrogen) atoms. The fourth-order valence-corrected chi connectivity index (χ4v) is 2.42. The quantitative estimate of drug-likeness (QED) is 0.926. The predicted molar refractivity (Wildman–Crippen MR) is 64.8 cm³/mol. The normalized spacial score (nSPS) is 9.36. The van der Waals surface area contributed by atoms with Crippen LogP contribution in [0.1, 0.15) is 4.88 Å². The van der Waals surface area contributed by atoms with Crippen LogP contribution in [0.4, 0.5) is 0 Å². The Labute approximate surface area is 102 Å². The van der Waals surface area contributed by atoms with Crippen LogP contribution >= 0.6 is 39.7 Å². The summed E-state index contributed by atoms with van der Waals surface area (Å²) >= 11 is 4.98. The number of amides is 1. The number of hydrogen-bond donors (Lipinski definition) is 1. The van der Waals surface area contributed by atoms with E-state index in [2.05, 4.69) is 15.9 Å². The summed E-state index contributed by atoms with van der Waals surface area (Å²) in [5.74, 6) is -0.0375. The van der Waals surface area contributed by atoms with Crippen LogP contribution in [-0.4, -0.2) is 24.4 Å². The number of hydrogen-bond acceptors (Lipinski definition) is 3. The second-order valence-electron chi connectivity index (χ2n) is 2.69. The van der Waals surface area contributed by atoms with Crippen molar-refractivity contribution in [3.05, 3.63) is 20.8 Å². The van der Waals surface area contributed by atoms with E-state index in [1.54, 1.807) is 23.3 Å². The first kappa shape index (κ1) is 13.9. The molecule has 0 fully saturated rings. The summed E-state index contributed by atoms with van der Waals surface area (Å²) in [7, 11) is 1.75. The van der Waals surface area contributed by atoms with Crippen molar-refractivity contribution < 1.29 is 4.79 Å². The monoisotopic (exact) mass is 298 g/mol. The maximum atomic E-state index is 11.1. The van der Waals surface area contributed by atoms with E-state index in [0.717, 1.165) is 9.35 Å². The highest BCUT2D eigenvalue weighted by molar-refractivity contribution is 9.10. The van der Waals surface area contributed by atoms with Crippen molar-refractivity contribution in [1.82, 2.24) is 4.90 Å². The molecule has 1 amide bonds. The molecule has 0 saturated carbocycles. The third-order valence-corrected chi connectivity index (χ3v) is 3.30. The fourth-order valence-electron chi connectivity index (χ4n) is 0.914. The summed E-state index contributed by atoms with van der Waals surface area (Å²) in [5.41, 5.74) is 5.23. The van der Waals surface area contributed by atoms with Gasteiger partial charge in [-0.15, -0.1) is 23.7 Å². The van der Waals surface area contributed by atoms with Gasteiger partial charge in [0.2, 0.25) is 5.91 Å². The van der Waals surface area contributed by atoms with Gasteiger partial charge in [-0.3, -0.25) is 4.79 Å². The van der Waals surface area contributed by atoms with E-state index >= 15 is 0 Å². The van der Waals surface area contributed by atoms with E-state index < -0.39 is 0 Å². The number of likely N-dealkylation sites (N-methyl/N-ethyl adjacent to an activating group) is 1. The number of nitrogens with zero attached hydrogens (tertiary/aromatic N) is 1. The lowest BCUT2D eigenvalue weighted by Crippen LogP contribution is -2.31. The summed E-state index contributed by atoms with van der Waals surface area (Å²) in [4.78, 5) is 13.9. The molecule has 0 bridgehead atoms. The van der Waals surface area contributed by atoms with Crippen molar-refractivity contribution in [2.75, 3.05) is 13.6 Å². The average molecular weight is 300 g/mol. The Bertz CT molecular complexity index is 305. The van der Waals surface area contributed by atoms with Gasteiger partial charge in [0.1, 0.15) is 0 Å². The van der Waals surface area contributed by atoms with E-state index in [0.29, 0.717) is 6.54 Å². The summed E-state index contributed by atoms with van der Waals surface area (Å²) in [6.07, 6.45) is 0. The molecule has 0 aliphatic carbocycles. The van der Waals surface area contributed by atoms with Gasteiger partial charge in [-0.2, -0.15) is 0 Å². The molecule has 2 N–H and O–H groups in total. The number of rotatable bonds is 3. The molecule has 1 aromatic heterocycles. The molecule has 6 heteroatoms. The maximum absolute atomic E-state index is 11.1. The Morgan fingerprint density at radius 1 is 1.71 bits per heavy atom. The summed E-state index contributed by atoms with van der Waals surface area (Å²) in [6, 6.07) is 2.00. The lowest BCUT2D eigenvalue weighted by Gasteiger charge is -2.14. The molecule has 0 aliphatic heterocycles. The average Bonchev–Trinajstić information content (AvgIpc) is 2.49. The van der Waals surface area contributed by atoms with Crippen molar-refractivity contribution >= 4 is 45.6 Å². The Kier molecular flexibility index (Phi) is 6.35. The fraction of sp³-hybridized carbons (Fsp3) is 0.375. The van der Waals surface area contributed by atoms with Crippen LogP contribution < -0.4 is 5.73 Å². The van der Waals surface area contributed by atoms with Crippen LogP contribution in [0.25, 0.3) is 0 Å². The zero-order chi connectivity index (χ0) is 9.84. The SMILES string of the molecule is CN(Cc1cc(Br)cs1)C(=O)CN.Cl. The summed E-state index contributed by atoms with van der Waals surface area (Å²) in [6.45, 7) is 0.704. The van der Waals surface area contributed by atoms with Gasteiger partial charge in [0.25, 0.3) is 0 Å². The zero-order valence-corrected chi connectivity index (χ0v) is 10.9. The highest BCUT2D eigenvalue weighted by Gasteiger charge is 2.07. The molecule has 0 spiro atoms. The molecular weight excluding hydrogens is 288 g/mol. The predicted octanol–water partition coefficient (Wildman–Crippen LogP) is 1.85. The number of halogens is 2. The molecule has 1 rings (SSSR count). The molecule has 3 nitrogen and oxygen atoms in total. The Morgan fingerprint density at radius 2 is 2.36 bits per heavy atom. The standard InChI is InChI=1S/C8H11BrN2OS.ClH/c1-11(8(12)3-10)4-7-2-6(9)5-13-7;/h2,5H,3-4,10H2,1H3;1H. The number of carbonyl (C=O) groups is 1. The van der Waals surface area contributed by atoms with Crippen molar-refractivity contribution in [1.29, 1.82) is 0 Å². The Hall–Kier alpha value is -0.100. The Balaban J connectivity index is 0.00000169. The van der Waals surface area contributed by atoms with Crippen LogP contribution in [0, 0.1) is 0 Å². The minimum Gasteiger partial charge on any atom is -0.340 e. The van der Waals surface area contributed by atoms with Gasteiger partial charge in [0.05, 0.1) is 13.1 Å². The smallest absolute Gasteiger partial charge is 0.236 e. The van der Waals surface area contributed by atoms with Crippen LogP contribution in [-0.2, 0) is 11.3 Å². The van der Waals surface area contributed by atoms with Crippen molar-refractivity contribution in [2.45, 2.75) is 6.54 Å². The second-order valence-corrected chi connectivity index (χ2v) is 4.60. The topological polar surface area (TPSA) is 46.3 Å². The van der Waals surface area contributed by atoms with Crippen LogP contribution in [0.15, 0.2) is 15.9 Å². The first-order chi connectivity index (χ1) is 6.13. The number of carbonyl (C=O) groups excluding carboxylic acids is 1. The first-order valence-electron chi connectivity index (χ1n) is 3.80. The molecule has 0 aliphatic rings. The zero-order valence-electron chi connectivity index (χ0n) is 7.70. The molecule has 0 radical (unpaired) electrons. The molecule has 80 valence electrons. The second kappa shape index (κ2) is 6.40. The molecule has 0 unspecified atom stereocenters. The highest BCUT2D eigenvalue weighted by Crippen LogP contribution is 2.20. The van der Waals surface area contributed by atoms with Crippen LogP contribution in [0.5, 0.6) is 0 Å². The minimum absolute atomic E-state index is 0. The Morgan fingerprint density at radius 3 is 2.79 bits per heavy atom. The van der Waals surface area contributed by atoms with Gasteiger partial charge in [0, 0.05) is 21.8 Å². The number of nitrogens with two attached hydrogens (primary N) is 1. The molecule has 1 heterocycles. The van der Waals surface area contributed by atoms with E-state index in [9.17, 15) is 4.79 Å². The third-order valence-electron chi connectivity index (χ3n) is 1.62. The van der Waals surface area contributed by atoms with Gasteiger partial charge in [-0.1, -0.05) is 0 Å². The van der Waals surface area contributed by atoms with E-state index in [-0.39, 0.29) is 24.9 Å². The summed E-state index contributed by atoms with van der Waals surface area (Å²) in [5, 5.41) is 2.00.